The summed E-state index contributed by atoms with van der Waals surface area (Å²) in [4.78, 5) is 13.1. The molecule has 1 saturated carbocycles. The third-order valence-corrected chi connectivity index (χ3v) is 5.44. The molecule has 2 aliphatic rings. The van der Waals surface area contributed by atoms with Crippen molar-refractivity contribution in [1.29, 1.82) is 0 Å². The molecule has 6 nitrogen and oxygen atoms in total. The maximum Gasteiger partial charge on any atom is 0.427 e. The molecule has 2 fully saturated rings. The summed E-state index contributed by atoms with van der Waals surface area (Å²) in [5.74, 6) is 0. The number of aromatic nitrogens is 2. The number of nitrogens with zero attached hydrogens (tertiary/aromatic N) is 3. The van der Waals surface area contributed by atoms with E-state index in [9.17, 15) is 26.7 Å². The predicted octanol–water partition coefficient (Wildman–Crippen LogP) is 3.30. The fraction of sp³-hybridized carbons (Fsp3) is 0.750. The third kappa shape index (κ3) is 4.17. The molecule has 1 aliphatic carbocycles. The van der Waals surface area contributed by atoms with Crippen molar-refractivity contribution in [3.05, 3.63) is 18.0 Å². The molecule has 1 aromatic heterocycles. The molecule has 3 rings (SSSR count). The van der Waals surface area contributed by atoms with Crippen LogP contribution in [0.4, 0.5) is 26.7 Å². The highest BCUT2D eigenvalue weighted by molar-refractivity contribution is 5.68. The highest BCUT2D eigenvalue weighted by Crippen LogP contribution is 2.54. The van der Waals surface area contributed by atoms with Crippen LogP contribution < -0.4 is 0 Å². The Kier molecular flexibility index (Phi) is 5.33. The fourth-order valence-electron chi connectivity index (χ4n) is 3.77. The first-order chi connectivity index (χ1) is 12.6. The van der Waals surface area contributed by atoms with Crippen LogP contribution in [0.1, 0.15) is 43.7 Å². The number of carbonyl (C=O) groups excluding carboxylic acids is 1. The minimum Gasteiger partial charge on any atom is -0.434 e. The van der Waals surface area contributed by atoms with Crippen LogP contribution in [0.3, 0.4) is 0 Å². The van der Waals surface area contributed by atoms with Crippen molar-refractivity contribution in [2.75, 3.05) is 19.7 Å². The van der Waals surface area contributed by atoms with Crippen molar-refractivity contribution in [1.82, 2.24) is 14.7 Å². The Balaban J connectivity index is 1.49. The quantitative estimate of drug-likeness (QED) is 0.792. The zero-order chi connectivity index (χ0) is 19.8. The van der Waals surface area contributed by atoms with Gasteiger partial charge in [0.2, 0.25) is 6.10 Å². The summed E-state index contributed by atoms with van der Waals surface area (Å²) in [5.41, 5.74) is -0.185. The van der Waals surface area contributed by atoms with E-state index in [0.717, 1.165) is 19.0 Å². The van der Waals surface area contributed by atoms with Gasteiger partial charge < -0.3 is 14.7 Å². The van der Waals surface area contributed by atoms with Gasteiger partial charge in [-0.05, 0) is 31.1 Å². The number of alkyl halides is 5. The second kappa shape index (κ2) is 7.25. The van der Waals surface area contributed by atoms with Crippen LogP contribution in [0.15, 0.2) is 12.4 Å². The third-order valence-electron chi connectivity index (χ3n) is 5.44. The molecule has 27 heavy (non-hydrogen) atoms. The van der Waals surface area contributed by atoms with Crippen LogP contribution >= 0.6 is 0 Å². The Hall–Kier alpha value is -1.91. The van der Waals surface area contributed by atoms with Crippen molar-refractivity contribution in [3.63, 3.8) is 0 Å². The number of rotatable bonds is 4. The molecule has 11 heteroatoms. The standard InChI is InChI=1S/C16H20F5N3O3/c17-13(18)10-7-22-24(8-10)11-5-15(6-11)1-3-23(4-2-15)14(26)27-12(9-25)16(19,20)21/h7-8,11-13,25H,1-6,9H2/t12-/m1/s1. The second-order valence-electron chi connectivity index (χ2n) is 7.20. The van der Waals surface area contributed by atoms with E-state index in [1.54, 1.807) is 0 Å². The molecule has 152 valence electrons. The molecular weight excluding hydrogens is 377 g/mol. The van der Waals surface area contributed by atoms with Crippen LogP contribution in [0.5, 0.6) is 0 Å². The highest BCUT2D eigenvalue weighted by Gasteiger charge is 2.48. The van der Waals surface area contributed by atoms with E-state index in [-0.39, 0.29) is 30.1 Å². The molecular formula is C16H20F5N3O3. The van der Waals surface area contributed by atoms with Gasteiger partial charge in [-0.15, -0.1) is 0 Å². The van der Waals surface area contributed by atoms with Gasteiger partial charge in [0.05, 0.1) is 24.4 Å². The lowest BCUT2D eigenvalue weighted by molar-refractivity contribution is -0.215. The first kappa shape index (κ1) is 19.8. The number of piperidine rings is 1. The van der Waals surface area contributed by atoms with Crippen molar-refractivity contribution >= 4 is 6.09 Å². The van der Waals surface area contributed by atoms with E-state index >= 15 is 0 Å². The van der Waals surface area contributed by atoms with E-state index < -0.39 is 31.4 Å². The van der Waals surface area contributed by atoms with Crippen molar-refractivity contribution in [2.45, 2.75) is 50.4 Å². The number of hydrogen-bond acceptors (Lipinski definition) is 4. The van der Waals surface area contributed by atoms with Crippen LogP contribution in [0.25, 0.3) is 0 Å². The van der Waals surface area contributed by atoms with E-state index in [1.165, 1.54) is 15.8 Å². The molecule has 0 bridgehead atoms. The molecule has 1 spiro atoms. The molecule has 2 heterocycles. The summed E-state index contributed by atoms with van der Waals surface area (Å²) in [5, 5.41) is 12.7. The number of carbonyl (C=O) groups is 1. The predicted molar refractivity (Wildman–Crippen MR) is 82.1 cm³/mol. The number of halogens is 5. The SMILES string of the molecule is O=C(O[C@H](CO)C(F)(F)F)N1CCC2(CC1)CC(n1cc(C(F)F)cn1)C2. The molecule has 0 unspecified atom stereocenters. The molecule has 1 aromatic rings. The zero-order valence-corrected chi connectivity index (χ0v) is 14.3. The first-order valence-electron chi connectivity index (χ1n) is 8.59. The molecule has 1 N–H and O–H groups in total. The number of amides is 1. The Morgan fingerprint density at radius 3 is 2.44 bits per heavy atom. The second-order valence-corrected chi connectivity index (χ2v) is 7.20. The largest absolute Gasteiger partial charge is 0.434 e. The number of hydrogen-bond donors (Lipinski definition) is 1. The lowest BCUT2D eigenvalue weighted by atomic mass is 9.60. The Labute approximate surface area is 151 Å². The Morgan fingerprint density at radius 1 is 1.33 bits per heavy atom. The number of ether oxygens (including phenoxy) is 1. The molecule has 1 amide bonds. The van der Waals surface area contributed by atoms with Gasteiger partial charge in [-0.3, -0.25) is 4.68 Å². The number of aliphatic hydroxyl groups is 1. The van der Waals surface area contributed by atoms with E-state index in [0.29, 0.717) is 12.8 Å². The average molecular weight is 397 g/mol. The lowest BCUT2D eigenvalue weighted by Crippen LogP contribution is -2.50. The molecule has 0 aromatic carbocycles. The highest BCUT2D eigenvalue weighted by atomic mass is 19.4. The van der Waals surface area contributed by atoms with E-state index in [1.807, 2.05) is 0 Å². The minimum absolute atomic E-state index is 0.0139. The van der Waals surface area contributed by atoms with Crippen LogP contribution in [0, 0.1) is 5.41 Å². The van der Waals surface area contributed by atoms with Gasteiger partial charge in [0.1, 0.15) is 0 Å². The summed E-state index contributed by atoms with van der Waals surface area (Å²) >= 11 is 0. The molecule has 1 saturated heterocycles. The smallest absolute Gasteiger partial charge is 0.427 e. The Bertz CT molecular complexity index is 663. The monoisotopic (exact) mass is 397 g/mol. The van der Waals surface area contributed by atoms with E-state index in [4.69, 9.17) is 5.11 Å². The summed E-state index contributed by atoms with van der Waals surface area (Å²) in [6.45, 7) is -0.814. The molecule has 1 aliphatic heterocycles. The van der Waals surface area contributed by atoms with Crippen molar-refractivity contribution < 1.29 is 36.6 Å². The van der Waals surface area contributed by atoms with Gasteiger partial charge in [0, 0.05) is 19.3 Å². The van der Waals surface area contributed by atoms with Crippen molar-refractivity contribution in [2.24, 2.45) is 5.41 Å². The fourth-order valence-corrected chi connectivity index (χ4v) is 3.77. The van der Waals surface area contributed by atoms with Crippen molar-refractivity contribution in [3.8, 4) is 0 Å². The maximum absolute atomic E-state index is 12.6. The number of aliphatic hydroxyl groups excluding tert-OH is 1. The summed E-state index contributed by atoms with van der Waals surface area (Å²) in [7, 11) is 0. The van der Waals surface area contributed by atoms with Crippen LogP contribution in [-0.4, -0.2) is 57.9 Å². The van der Waals surface area contributed by atoms with Gasteiger partial charge in [0.15, 0.2) is 0 Å². The van der Waals surface area contributed by atoms with Gasteiger partial charge in [-0.2, -0.15) is 18.3 Å². The van der Waals surface area contributed by atoms with Gasteiger partial charge in [0.25, 0.3) is 6.43 Å². The molecule has 1 atom stereocenters. The zero-order valence-electron chi connectivity index (χ0n) is 14.3. The topological polar surface area (TPSA) is 67.6 Å². The lowest BCUT2D eigenvalue weighted by Gasteiger charge is -2.51. The average Bonchev–Trinajstić information content (AvgIpc) is 3.06. The minimum atomic E-state index is -4.82. The summed E-state index contributed by atoms with van der Waals surface area (Å²) in [6, 6.07) is 0.0139. The Morgan fingerprint density at radius 2 is 1.96 bits per heavy atom. The van der Waals surface area contributed by atoms with Gasteiger partial charge in [-0.1, -0.05) is 0 Å². The van der Waals surface area contributed by atoms with Gasteiger partial charge in [-0.25, -0.2) is 13.6 Å². The van der Waals surface area contributed by atoms with Crippen LogP contribution in [0.2, 0.25) is 0 Å². The first-order valence-corrected chi connectivity index (χ1v) is 8.59. The molecule has 0 radical (unpaired) electrons. The van der Waals surface area contributed by atoms with Gasteiger partial charge >= 0.3 is 12.3 Å². The summed E-state index contributed by atoms with van der Waals surface area (Å²) < 4.78 is 68.9. The number of likely N-dealkylation sites (tertiary alicyclic amines) is 1. The van der Waals surface area contributed by atoms with E-state index in [2.05, 4.69) is 9.84 Å². The summed E-state index contributed by atoms with van der Waals surface area (Å²) in [6.07, 6.45) is -5.89. The van der Waals surface area contributed by atoms with Crippen LogP contribution in [-0.2, 0) is 4.74 Å². The normalized spacial score (nSPS) is 21.4. The maximum atomic E-state index is 12.6.